The molecule has 4 amide bonds. The van der Waals surface area contributed by atoms with Crippen LogP contribution in [0.3, 0.4) is 0 Å². The average molecular weight is 755 g/mol. The Hall–Kier alpha value is -3.77. The van der Waals surface area contributed by atoms with Crippen LogP contribution in [0.15, 0.2) is 72.3 Å². The second-order valence-electron chi connectivity index (χ2n) is 12.4. The predicted octanol–water partition coefficient (Wildman–Crippen LogP) is 6.62. The molecule has 0 radical (unpaired) electrons. The van der Waals surface area contributed by atoms with Crippen LogP contribution in [-0.2, 0) is 19.2 Å². The fraction of sp³-hybridized carbons (Fsp3) is 0.314. The van der Waals surface area contributed by atoms with E-state index in [0.717, 1.165) is 20.1 Å². The molecule has 2 aliphatic heterocycles. The molecule has 1 N–H and O–H groups in total. The van der Waals surface area contributed by atoms with Gasteiger partial charge in [0, 0.05) is 9.49 Å². The van der Waals surface area contributed by atoms with Crippen molar-refractivity contribution < 1.29 is 33.4 Å². The number of carbonyl (C=O) groups is 4. The monoisotopic (exact) mass is 754 g/mol. The van der Waals surface area contributed by atoms with Crippen molar-refractivity contribution in [2.75, 3.05) is 16.4 Å². The van der Waals surface area contributed by atoms with E-state index < -0.39 is 52.6 Å². The number of amides is 4. The minimum Gasteiger partial charge on any atom is -0.504 e. The Kier molecular flexibility index (Phi) is 7.51. The summed E-state index contributed by atoms with van der Waals surface area (Å²) in [5.74, 6) is -5.47. The Morgan fingerprint density at radius 2 is 1.67 bits per heavy atom. The van der Waals surface area contributed by atoms with E-state index in [-0.39, 0.29) is 47.1 Å². The predicted molar refractivity (Wildman–Crippen MR) is 177 cm³/mol. The molecule has 2 aliphatic carbocycles. The van der Waals surface area contributed by atoms with Crippen molar-refractivity contribution in [3.8, 4) is 11.5 Å². The molecule has 0 aromatic heterocycles. The quantitative estimate of drug-likeness (QED) is 0.179. The normalized spacial score (nSPS) is 28.6. The van der Waals surface area contributed by atoms with E-state index in [2.05, 4.69) is 22.6 Å². The van der Waals surface area contributed by atoms with E-state index in [4.69, 9.17) is 16.3 Å². The average Bonchev–Trinajstić information content (AvgIpc) is 3.40. The number of fused-ring (bicyclic) bond motifs is 4. The van der Waals surface area contributed by atoms with Crippen LogP contribution in [0.4, 0.5) is 15.8 Å². The lowest BCUT2D eigenvalue weighted by Crippen LogP contribution is -2.48. The Morgan fingerprint density at radius 1 is 0.957 bits per heavy atom. The molecule has 3 fully saturated rings. The highest BCUT2D eigenvalue weighted by Crippen LogP contribution is 2.64. The third-order valence-electron chi connectivity index (χ3n) is 10.1. The lowest BCUT2D eigenvalue weighted by molar-refractivity contribution is -0.131. The number of halogens is 3. The second-order valence-corrected chi connectivity index (χ2v) is 14.1. The lowest BCUT2D eigenvalue weighted by atomic mass is 9.51. The number of phenols is 1. The number of rotatable bonds is 5. The Labute approximate surface area is 283 Å². The zero-order chi connectivity index (χ0) is 32.7. The van der Waals surface area contributed by atoms with Crippen LogP contribution in [0.2, 0.25) is 5.02 Å². The maximum absolute atomic E-state index is 14.5. The van der Waals surface area contributed by atoms with Crippen molar-refractivity contribution in [2.24, 2.45) is 29.1 Å². The number of nitrogens with zero attached hydrogens (tertiary/aromatic N) is 2. The van der Waals surface area contributed by atoms with Gasteiger partial charge in [0.25, 0.3) is 0 Å². The number of anilines is 2. The van der Waals surface area contributed by atoms with Gasteiger partial charge in [-0.2, -0.15) is 0 Å². The third kappa shape index (κ3) is 4.43. The highest BCUT2D eigenvalue weighted by atomic mass is 127. The zero-order valence-electron chi connectivity index (χ0n) is 24.9. The SMILES string of the molecule is CCOc1cc([C@H]2C3=CC[C@@H]4C(=O)N(c5ccc(I)cc5)C(=O)[C@@H]4[C@@H]3C[C@H]3C(=O)N(c4ccc(F)c(Cl)c4)C(=O)[C@@]23C)ccc1O. The molecule has 0 unspecified atom stereocenters. The summed E-state index contributed by atoms with van der Waals surface area (Å²) in [7, 11) is 0. The first-order valence-corrected chi connectivity index (χ1v) is 16.6. The van der Waals surface area contributed by atoms with Crippen molar-refractivity contribution in [3.05, 3.63) is 92.3 Å². The molecule has 46 heavy (non-hydrogen) atoms. The van der Waals surface area contributed by atoms with Gasteiger partial charge >= 0.3 is 0 Å². The summed E-state index contributed by atoms with van der Waals surface area (Å²) < 4.78 is 20.8. The molecule has 2 heterocycles. The van der Waals surface area contributed by atoms with Gasteiger partial charge in [0.05, 0.1) is 46.2 Å². The molecule has 7 rings (SSSR count). The number of phenolic OH excluding ortho intramolecular Hbond substituents is 1. The van der Waals surface area contributed by atoms with E-state index in [0.29, 0.717) is 17.7 Å². The minimum atomic E-state index is -1.31. The van der Waals surface area contributed by atoms with Gasteiger partial charge < -0.3 is 9.84 Å². The number of allylic oxidation sites excluding steroid dienone is 2. The van der Waals surface area contributed by atoms with Gasteiger partial charge in [-0.15, -0.1) is 0 Å². The summed E-state index contributed by atoms with van der Waals surface area (Å²) in [4.78, 5) is 59.2. The first kappa shape index (κ1) is 30.9. The van der Waals surface area contributed by atoms with Crippen molar-refractivity contribution in [3.63, 3.8) is 0 Å². The van der Waals surface area contributed by atoms with Crippen LogP contribution in [0.25, 0.3) is 0 Å². The van der Waals surface area contributed by atoms with Gasteiger partial charge in [-0.1, -0.05) is 29.3 Å². The van der Waals surface area contributed by atoms with E-state index in [1.165, 1.54) is 23.1 Å². The molecule has 11 heteroatoms. The Balaban J connectivity index is 1.37. The molecule has 236 valence electrons. The van der Waals surface area contributed by atoms with E-state index in [1.807, 2.05) is 18.2 Å². The molecule has 1 saturated carbocycles. The molecule has 8 nitrogen and oxygen atoms in total. The summed E-state index contributed by atoms with van der Waals surface area (Å²) in [6.45, 7) is 3.83. The smallest absolute Gasteiger partial charge is 0.241 e. The first-order chi connectivity index (χ1) is 22.0. The highest BCUT2D eigenvalue weighted by molar-refractivity contribution is 14.1. The third-order valence-corrected chi connectivity index (χ3v) is 11.1. The number of imide groups is 2. The number of carbonyl (C=O) groups excluding carboxylic acids is 4. The van der Waals surface area contributed by atoms with Gasteiger partial charge in [-0.25, -0.2) is 9.29 Å². The minimum absolute atomic E-state index is 0.0708. The van der Waals surface area contributed by atoms with Gasteiger partial charge in [0.2, 0.25) is 23.6 Å². The topological polar surface area (TPSA) is 104 Å². The Bertz CT molecular complexity index is 1860. The standard InChI is InChI=1S/C35H29ClFIN2O6/c1-3-46-28-14-17(4-13-27(28)41)30-21-10-11-22-29(33(44)39(31(22)42)19-7-5-18(38)6-8-19)23(21)16-24-32(43)40(34(45)35(24,30)2)20-9-12-26(37)25(36)15-20/h4-10,12-15,22-24,29-30,41H,3,11,16H2,1-2H3/t22-,23+,24-,29-,30-,35+/m0/s1. The maximum Gasteiger partial charge on any atom is 0.241 e. The van der Waals surface area contributed by atoms with Gasteiger partial charge in [0.1, 0.15) is 5.82 Å². The Morgan fingerprint density at radius 3 is 2.37 bits per heavy atom. The zero-order valence-corrected chi connectivity index (χ0v) is 27.8. The van der Waals surface area contributed by atoms with Crippen LogP contribution in [0.5, 0.6) is 11.5 Å². The molecule has 4 aliphatic rings. The van der Waals surface area contributed by atoms with E-state index in [1.54, 1.807) is 38.1 Å². The summed E-state index contributed by atoms with van der Waals surface area (Å²) >= 11 is 8.24. The largest absolute Gasteiger partial charge is 0.504 e. The fourth-order valence-electron chi connectivity index (χ4n) is 8.09. The molecular formula is C35H29ClFIN2O6. The van der Waals surface area contributed by atoms with Gasteiger partial charge in [-0.3, -0.25) is 24.1 Å². The summed E-state index contributed by atoms with van der Waals surface area (Å²) in [6, 6.07) is 15.8. The molecule has 0 bridgehead atoms. The van der Waals surface area contributed by atoms with Crippen molar-refractivity contribution in [1.82, 2.24) is 0 Å². The van der Waals surface area contributed by atoms with Crippen LogP contribution < -0.4 is 14.5 Å². The number of hydrogen-bond donors (Lipinski definition) is 1. The van der Waals surface area contributed by atoms with Crippen LogP contribution in [0, 0.1) is 38.5 Å². The molecule has 0 spiro atoms. The number of aromatic hydroxyl groups is 1. The number of hydrogen-bond acceptors (Lipinski definition) is 6. The summed E-state index contributed by atoms with van der Waals surface area (Å²) in [6.07, 6.45) is 2.43. The van der Waals surface area contributed by atoms with Crippen molar-refractivity contribution in [2.45, 2.75) is 32.6 Å². The van der Waals surface area contributed by atoms with Crippen LogP contribution in [-0.4, -0.2) is 35.3 Å². The molecule has 3 aromatic carbocycles. The summed E-state index contributed by atoms with van der Waals surface area (Å²) in [5, 5.41) is 10.3. The van der Waals surface area contributed by atoms with Crippen LogP contribution >= 0.6 is 34.2 Å². The van der Waals surface area contributed by atoms with Crippen molar-refractivity contribution in [1.29, 1.82) is 0 Å². The number of benzene rings is 3. The van der Waals surface area contributed by atoms with Gasteiger partial charge in [-0.05, 0) is 115 Å². The fourth-order valence-corrected chi connectivity index (χ4v) is 8.63. The molecule has 3 aromatic rings. The second kappa shape index (κ2) is 11.2. The van der Waals surface area contributed by atoms with Gasteiger partial charge in [0.15, 0.2) is 11.5 Å². The maximum atomic E-state index is 14.5. The molecule has 6 atom stereocenters. The molecular weight excluding hydrogens is 726 g/mol. The van der Waals surface area contributed by atoms with Crippen LogP contribution in [0.1, 0.15) is 38.2 Å². The number of ether oxygens (including phenoxy) is 1. The van der Waals surface area contributed by atoms with E-state index >= 15 is 0 Å². The molecule has 2 saturated heterocycles. The summed E-state index contributed by atoms with van der Waals surface area (Å²) in [5.41, 5.74) is 0.779. The van der Waals surface area contributed by atoms with E-state index in [9.17, 15) is 28.7 Å². The highest BCUT2D eigenvalue weighted by Gasteiger charge is 2.67. The van der Waals surface area contributed by atoms with Crippen molar-refractivity contribution >= 4 is 69.2 Å². The first-order valence-electron chi connectivity index (χ1n) is 15.1. The lowest BCUT2D eigenvalue weighted by Gasteiger charge is -2.49.